The average Bonchev–Trinajstić information content (AvgIpc) is 2.40. The number of carbonyl (C=O) groups excluding carboxylic acids is 1. The van der Waals surface area contributed by atoms with Crippen molar-refractivity contribution in [1.82, 2.24) is 4.90 Å². The van der Waals surface area contributed by atoms with E-state index in [0.717, 1.165) is 0 Å². The van der Waals surface area contributed by atoms with Gasteiger partial charge in [0.25, 0.3) is 5.91 Å². The topological polar surface area (TPSA) is 55.6 Å². The Hall–Kier alpha value is -1.59. The lowest BCUT2D eigenvalue weighted by Crippen LogP contribution is -2.21. The van der Waals surface area contributed by atoms with Gasteiger partial charge in [-0.3, -0.25) is 4.79 Å². The molecular weight excluding hydrogens is 283 g/mol. The molecule has 0 radical (unpaired) electrons. The average molecular weight is 303 g/mol. The number of ether oxygens (including phenoxy) is 1. The Balaban J connectivity index is 0.00000361. The van der Waals surface area contributed by atoms with Crippen LogP contribution in [0.15, 0.2) is 30.1 Å². The largest absolute Gasteiger partial charge is 0.488 e. The van der Waals surface area contributed by atoms with Crippen LogP contribution in [0.4, 0.5) is 4.39 Å². The summed E-state index contributed by atoms with van der Waals surface area (Å²) in [5.41, 5.74) is 6.10. The number of nitrogens with zero attached hydrogens (tertiary/aromatic N) is 1. The Morgan fingerprint density at radius 3 is 2.60 bits per heavy atom. The number of halogens is 2. The number of hydrogen-bond acceptors (Lipinski definition) is 3. The monoisotopic (exact) mass is 302 g/mol. The van der Waals surface area contributed by atoms with Crippen molar-refractivity contribution in [1.29, 1.82) is 0 Å². The van der Waals surface area contributed by atoms with Crippen LogP contribution in [0.5, 0.6) is 5.75 Å². The third kappa shape index (κ3) is 4.83. The van der Waals surface area contributed by atoms with Crippen LogP contribution in [-0.4, -0.2) is 38.1 Å². The number of carbonyl (C=O) groups is 1. The lowest BCUT2D eigenvalue weighted by atomic mass is 10.2. The summed E-state index contributed by atoms with van der Waals surface area (Å²) in [6.07, 6.45) is 0.415. The van der Waals surface area contributed by atoms with E-state index in [0.29, 0.717) is 28.2 Å². The van der Waals surface area contributed by atoms with E-state index < -0.39 is 0 Å². The van der Waals surface area contributed by atoms with Crippen molar-refractivity contribution in [3.05, 3.63) is 40.7 Å². The zero-order valence-electron chi connectivity index (χ0n) is 10.8. The quantitative estimate of drug-likeness (QED) is 0.910. The molecule has 2 N–H and O–H groups in total. The van der Waals surface area contributed by atoms with E-state index in [1.54, 1.807) is 26.2 Å². The molecule has 112 valence electrons. The van der Waals surface area contributed by atoms with Gasteiger partial charge in [-0.25, -0.2) is 4.39 Å². The minimum atomic E-state index is -0.153. The second-order valence-corrected chi connectivity index (χ2v) is 4.51. The van der Waals surface area contributed by atoms with Gasteiger partial charge in [-0.1, -0.05) is 19.0 Å². The van der Waals surface area contributed by atoms with Gasteiger partial charge in [-0.15, -0.1) is 0 Å². The molecule has 0 saturated heterocycles. The van der Waals surface area contributed by atoms with Crippen molar-refractivity contribution in [2.45, 2.75) is 7.43 Å². The van der Waals surface area contributed by atoms with Crippen molar-refractivity contribution in [2.75, 3.05) is 27.2 Å². The first kappa shape index (κ1) is 18.4. The second-order valence-electron chi connectivity index (χ2n) is 4.10. The number of nitrogens with two attached hydrogens (primary N) is 1. The third-order valence-electron chi connectivity index (χ3n) is 2.41. The van der Waals surface area contributed by atoms with Crippen molar-refractivity contribution in [3.63, 3.8) is 0 Å². The molecule has 1 amide bonds. The van der Waals surface area contributed by atoms with Crippen LogP contribution in [0.3, 0.4) is 0 Å². The van der Waals surface area contributed by atoms with Crippen LogP contribution >= 0.6 is 11.6 Å². The van der Waals surface area contributed by atoms with Gasteiger partial charge in [-0.2, -0.15) is 0 Å². The number of hydrogen-bond donors (Lipinski definition) is 1. The summed E-state index contributed by atoms with van der Waals surface area (Å²) < 4.78 is 17.6. The first-order valence-electron chi connectivity index (χ1n) is 5.61. The number of benzene rings is 1. The van der Waals surface area contributed by atoms with Crippen LogP contribution < -0.4 is 10.5 Å². The normalized spacial score (nSPS) is 10.8. The van der Waals surface area contributed by atoms with Crippen molar-refractivity contribution in [2.24, 2.45) is 5.73 Å². The molecule has 0 heterocycles. The van der Waals surface area contributed by atoms with E-state index in [1.807, 2.05) is 0 Å². The first-order valence-corrected chi connectivity index (χ1v) is 5.99. The molecule has 0 aliphatic carbocycles. The summed E-state index contributed by atoms with van der Waals surface area (Å²) >= 11 is 6.01. The van der Waals surface area contributed by atoms with E-state index in [4.69, 9.17) is 22.1 Å². The standard InChI is InChI=1S/C13H16ClFN2O2.CH4/c1-17(2)13(18)10-3-4-12(11(14)5-10)19-8-9(6-15)7-16;/h3-6H,7-8,16H2,1-2H3;1H4/b9-6-;. The summed E-state index contributed by atoms with van der Waals surface area (Å²) in [6.45, 7) is 0.0962. The second kappa shape index (κ2) is 8.55. The molecule has 0 saturated carbocycles. The Kier molecular flexibility index (Phi) is 7.87. The smallest absolute Gasteiger partial charge is 0.253 e. The maximum absolute atomic E-state index is 12.3. The molecule has 0 spiro atoms. The molecule has 6 heteroatoms. The van der Waals surface area contributed by atoms with Gasteiger partial charge in [0.2, 0.25) is 0 Å². The van der Waals surface area contributed by atoms with E-state index in [2.05, 4.69) is 0 Å². The molecule has 20 heavy (non-hydrogen) atoms. The molecule has 0 aliphatic rings. The lowest BCUT2D eigenvalue weighted by Gasteiger charge is -2.12. The van der Waals surface area contributed by atoms with Crippen molar-refractivity contribution >= 4 is 17.5 Å². The Morgan fingerprint density at radius 1 is 1.50 bits per heavy atom. The molecule has 0 aliphatic heterocycles. The molecule has 1 aromatic rings. The van der Waals surface area contributed by atoms with E-state index in [-0.39, 0.29) is 26.5 Å². The minimum absolute atomic E-state index is 0. The molecule has 0 fully saturated rings. The van der Waals surface area contributed by atoms with Gasteiger partial charge in [0.05, 0.1) is 11.4 Å². The van der Waals surface area contributed by atoms with Crippen LogP contribution in [0.2, 0.25) is 5.02 Å². The van der Waals surface area contributed by atoms with Crippen LogP contribution in [0.25, 0.3) is 0 Å². The van der Waals surface area contributed by atoms with Gasteiger partial charge < -0.3 is 15.4 Å². The highest BCUT2D eigenvalue weighted by Crippen LogP contribution is 2.26. The maximum Gasteiger partial charge on any atom is 0.253 e. The molecule has 1 aromatic carbocycles. The van der Waals surface area contributed by atoms with E-state index in [9.17, 15) is 9.18 Å². The molecule has 4 nitrogen and oxygen atoms in total. The van der Waals surface area contributed by atoms with Crippen LogP contribution in [-0.2, 0) is 0 Å². The van der Waals surface area contributed by atoms with E-state index in [1.165, 1.54) is 11.0 Å². The fraction of sp³-hybridized carbons (Fsp3) is 0.357. The van der Waals surface area contributed by atoms with Crippen molar-refractivity contribution in [3.8, 4) is 5.75 Å². The van der Waals surface area contributed by atoms with Crippen LogP contribution in [0.1, 0.15) is 17.8 Å². The van der Waals surface area contributed by atoms with Gasteiger partial charge in [-0.05, 0) is 18.2 Å². The molecular formula is C14H20ClFN2O2. The van der Waals surface area contributed by atoms with Gasteiger partial charge in [0.1, 0.15) is 12.4 Å². The number of rotatable bonds is 5. The maximum atomic E-state index is 12.3. The Morgan fingerprint density at radius 2 is 2.15 bits per heavy atom. The fourth-order valence-electron chi connectivity index (χ4n) is 1.31. The minimum Gasteiger partial charge on any atom is -0.488 e. The molecule has 1 rings (SSSR count). The Bertz CT molecular complexity index is 490. The summed E-state index contributed by atoms with van der Waals surface area (Å²) in [5.74, 6) is 0.226. The highest BCUT2D eigenvalue weighted by atomic mass is 35.5. The third-order valence-corrected chi connectivity index (χ3v) is 2.71. The predicted molar refractivity (Wildman–Crippen MR) is 79.9 cm³/mol. The molecule has 0 unspecified atom stereocenters. The lowest BCUT2D eigenvalue weighted by molar-refractivity contribution is 0.0827. The predicted octanol–water partition coefficient (Wildman–Crippen LogP) is 2.87. The zero-order chi connectivity index (χ0) is 14.4. The van der Waals surface area contributed by atoms with Gasteiger partial charge >= 0.3 is 0 Å². The molecule has 0 aromatic heterocycles. The Labute approximate surface area is 124 Å². The number of amides is 1. The highest BCUT2D eigenvalue weighted by molar-refractivity contribution is 6.32. The van der Waals surface area contributed by atoms with Crippen molar-refractivity contribution < 1.29 is 13.9 Å². The fourth-order valence-corrected chi connectivity index (χ4v) is 1.55. The van der Waals surface area contributed by atoms with Crippen LogP contribution in [0, 0.1) is 0 Å². The summed E-state index contributed by atoms with van der Waals surface area (Å²) in [6, 6.07) is 4.69. The highest BCUT2D eigenvalue weighted by Gasteiger charge is 2.11. The molecule has 0 bridgehead atoms. The SMILES string of the molecule is C.CN(C)C(=O)c1ccc(OC/C(=C\F)CN)c(Cl)c1. The molecule has 0 atom stereocenters. The van der Waals surface area contributed by atoms with E-state index >= 15 is 0 Å². The van der Waals surface area contributed by atoms with Gasteiger partial charge in [0.15, 0.2) is 0 Å². The van der Waals surface area contributed by atoms with Gasteiger partial charge in [0, 0.05) is 31.8 Å². The summed E-state index contributed by atoms with van der Waals surface area (Å²) in [7, 11) is 3.31. The zero-order valence-corrected chi connectivity index (χ0v) is 11.6. The first-order chi connectivity index (χ1) is 8.99. The summed E-state index contributed by atoms with van der Waals surface area (Å²) in [4.78, 5) is 13.2. The summed E-state index contributed by atoms with van der Waals surface area (Å²) in [5, 5.41) is 0.294.